The fourth-order valence-electron chi connectivity index (χ4n) is 2.40. The van der Waals surface area contributed by atoms with Gasteiger partial charge in [0.1, 0.15) is 0 Å². The van der Waals surface area contributed by atoms with Gasteiger partial charge < -0.3 is 14.4 Å². The highest BCUT2D eigenvalue weighted by Gasteiger charge is 2.12. The smallest absolute Gasteiger partial charge is 0.256 e. The van der Waals surface area contributed by atoms with Crippen LogP contribution in [0.2, 0.25) is 0 Å². The Bertz CT molecular complexity index is 689. The van der Waals surface area contributed by atoms with Crippen LogP contribution in [-0.2, 0) is 17.9 Å². The Hall–Kier alpha value is -1.91. The summed E-state index contributed by atoms with van der Waals surface area (Å²) in [6, 6.07) is 9.77. The molecule has 2 rings (SSSR count). The minimum absolute atomic E-state index is 0.159. The van der Waals surface area contributed by atoms with Gasteiger partial charge in [-0.15, -0.1) is 0 Å². The molecule has 0 aliphatic rings. The predicted octanol–water partition coefficient (Wildman–Crippen LogP) is 2.27. The van der Waals surface area contributed by atoms with Crippen molar-refractivity contribution in [3.8, 4) is 11.3 Å². The lowest BCUT2D eigenvalue weighted by Gasteiger charge is -2.16. The number of aromatic nitrogens is 1. The zero-order valence-electron chi connectivity index (χ0n) is 12.7. The van der Waals surface area contributed by atoms with E-state index in [0.29, 0.717) is 18.7 Å². The molecule has 0 aliphatic carbocycles. The fraction of sp³-hybridized carbons (Fsp3) is 0.353. The second-order valence-electron chi connectivity index (χ2n) is 5.17. The Morgan fingerprint density at radius 1 is 1.19 bits per heavy atom. The van der Waals surface area contributed by atoms with Crippen molar-refractivity contribution in [1.82, 2.24) is 4.57 Å². The molecule has 2 aromatic rings. The van der Waals surface area contributed by atoms with E-state index in [1.165, 1.54) is 0 Å². The number of benzene rings is 1. The minimum Gasteiger partial charge on any atom is -0.391 e. The molecule has 112 valence electrons. The summed E-state index contributed by atoms with van der Waals surface area (Å²) in [5.74, 6) is 0. The number of hydrogen-bond donors (Lipinski definition) is 1. The van der Waals surface area contributed by atoms with Gasteiger partial charge in [0, 0.05) is 24.8 Å². The van der Waals surface area contributed by atoms with E-state index in [-0.39, 0.29) is 12.2 Å². The molecular weight excluding hydrogens is 266 g/mol. The second-order valence-corrected chi connectivity index (χ2v) is 5.17. The van der Waals surface area contributed by atoms with Crippen LogP contribution in [0.1, 0.15) is 16.7 Å². The second kappa shape index (κ2) is 6.70. The first-order chi connectivity index (χ1) is 10.1. The zero-order valence-corrected chi connectivity index (χ0v) is 12.7. The van der Waals surface area contributed by atoms with Crippen LogP contribution in [0, 0.1) is 13.8 Å². The van der Waals surface area contributed by atoms with E-state index < -0.39 is 0 Å². The van der Waals surface area contributed by atoms with E-state index in [1.54, 1.807) is 17.7 Å². The first-order valence-corrected chi connectivity index (χ1v) is 6.98. The number of aliphatic hydroxyl groups is 1. The maximum absolute atomic E-state index is 12.4. The van der Waals surface area contributed by atoms with Gasteiger partial charge in [-0.25, -0.2) is 0 Å². The maximum atomic E-state index is 12.4. The minimum atomic E-state index is -0.251. The zero-order chi connectivity index (χ0) is 15.4. The summed E-state index contributed by atoms with van der Waals surface area (Å²) in [6.07, 6.45) is 0. The van der Waals surface area contributed by atoms with Crippen molar-refractivity contribution in [3.63, 3.8) is 0 Å². The Balaban J connectivity index is 2.64. The van der Waals surface area contributed by atoms with E-state index in [0.717, 1.165) is 22.4 Å². The van der Waals surface area contributed by atoms with Gasteiger partial charge in [-0.1, -0.05) is 17.7 Å². The van der Waals surface area contributed by atoms with Crippen molar-refractivity contribution < 1.29 is 9.84 Å². The van der Waals surface area contributed by atoms with Gasteiger partial charge in [0.15, 0.2) is 0 Å². The van der Waals surface area contributed by atoms with Crippen molar-refractivity contribution >= 4 is 0 Å². The lowest BCUT2D eigenvalue weighted by molar-refractivity contribution is 0.186. The fourth-order valence-corrected chi connectivity index (χ4v) is 2.40. The van der Waals surface area contributed by atoms with Gasteiger partial charge in [0.25, 0.3) is 5.56 Å². The number of hydrogen-bond acceptors (Lipinski definition) is 3. The highest BCUT2D eigenvalue weighted by Crippen LogP contribution is 2.24. The normalized spacial score (nSPS) is 10.9. The van der Waals surface area contributed by atoms with Crippen LogP contribution in [0.15, 0.2) is 35.1 Å². The third-order valence-electron chi connectivity index (χ3n) is 3.61. The SMILES string of the molecule is COCCn1c(-c2cc(C)ccc2C)ccc(CO)c1=O. The molecule has 0 fully saturated rings. The Kier molecular flexibility index (Phi) is 4.94. The van der Waals surface area contributed by atoms with E-state index >= 15 is 0 Å². The summed E-state index contributed by atoms with van der Waals surface area (Å²) in [4.78, 5) is 12.4. The van der Waals surface area contributed by atoms with Crippen LogP contribution in [-0.4, -0.2) is 23.4 Å². The Morgan fingerprint density at radius 3 is 2.62 bits per heavy atom. The summed E-state index contributed by atoms with van der Waals surface area (Å²) in [6.45, 7) is 4.72. The largest absolute Gasteiger partial charge is 0.391 e. The van der Waals surface area contributed by atoms with Crippen LogP contribution in [0.5, 0.6) is 0 Å². The van der Waals surface area contributed by atoms with Crippen LogP contribution in [0.25, 0.3) is 11.3 Å². The van der Waals surface area contributed by atoms with Crippen LogP contribution < -0.4 is 5.56 Å². The van der Waals surface area contributed by atoms with Crippen molar-refractivity contribution in [2.45, 2.75) is 27.0 Å². The molecule has 0 saturated carbocycles. The Morgan fingerprint density at radius 2 is 1.95 bits per heavy atom. The Labute approximate surface area is 124 Å². The van der Waals surface area contributed by atoms with Gasteiger partial charge in [0.05, 0.1) is 18.9 Å². The lowest BCUT2D eigenvalue weighted by atomic mass is 10.0. The van der Waals surface area contributed by atoms with E-state index in [4.69, 9.17) is 4.74 Å². The van der Waals surface area contributed by atoms with Gasteiger partial charge in [-0.3, -0.25) is 4.79 Å². The number of rotatable bonds is 5. The first kappa shape index (κ1) is 15.5. The standard InChI is InChI=1S/C17H21NO3/c1-12-4-5-13(2)15(10-12)16-7-6-14(11-19)17(20)18(16)8-9-21-3/h4-7,10,19H,8-9,11H2,1-3H3. The molecule has 4 nitrogen and oxygen atoms in total. The predicted molar refractivity (Wildman–Crippen MR) is 83.4 cm³/mol. The molecule has 21 heavy (non-hydrogen) atoms. The molecular formula is C17H21NO3. The monoisotopic (exact) mass is 287 g/mol. The number of aryl methyl sites for hydroxylation is 2. The van der Waals surface area contributed by atoms with E-state index in [9.17, 15) is 9.90 Å². The highest BCUT2D eigenvalue weighted by atomic mass is 16.5. The molecule has 4 heteroatoms. The van der Waals surface area contributed by atoms with Crippen molar-refractivity contribution in [3.05, 3.63) is 57.4 Å². The molecule has 1 heterocycles. The number of pyridine rings is 1. The molecule has 0 unspecified atom stereocenters. The molecule has 0 spiro atoms. The van der Waals surface area contributed by atoms with Crippen molar-refractivity contribution in [1.29, 1.82) is 0 Å². The summed E-state index contributed by atoms with van der Waals surface area (Å²) in [5, 5.41) is 9.28. The van der Waals surface area contributed by atoms with E-state index in [2.05, 4.69) is 18.2 Å². The van der Waals surface area contributed by atoms with E-state index in [1.807, 2.05) is 19.9 Å². The first-order valence-electron chi connectivity index (χ1n) is 6.98. The number of nitrogens with zero attached hydrogens (tertiary/aromatic N) is 1. The number of methoxy groups -OCH3 is 1. The molecule has 1 aromatic heterocycles. The van der Waals surface area contributed by atoms with Crippen LogP contribution in [0.3, 0.4) is 0 Å². The van der Waals surface area contributed by atoms with Crippen molar-refractivity contribution in [2.24, 2.45) is 0 Å². The summed E-state index contributed by atoms with van der Waals surface area (Å²) < 4.78 is 6.77. The number of aliphatic hydroxyl groups excluding tert-OH is 1. The summed E-state index contributed by atoms with van der Waals surface area (Å²) in [5.41, 5.74) is 4.40. The topological polar surface area (TPSA) is 51.5 Å². The average Bonchev–Trinajstić information content (AvgIpc) is 2.48. The maximum Gasteiger partial charge on any atom is 0.256 e. The van der Waals surface area contributed by atoms with Crippen LogP contribution >= 0.6 is 0 Å². The molecule has 0 radical (unpaired) electrons. The number of ether oxygens (including phenoxy) is 1. The molecule has 1 N–H and O–H groups in total. The summed E-state index contributed by atoms with van der Waals surface area (Å²) >= 11 is 0. The lowest BCUT2D eigenvalue weighted by Crippen LogP contribution is -2.27. The molecule has 0 aliphatic heterocycles. The van der Waals surface area contributed by atoms with Gasteiger partial charge in [-0.05, 0) is 37.6 Å². The van der Waals surface area contributed by atoms with Crippen LogP contribution in [0.4, 0.5) is 0 Å². The van der Waals surface area contributed by atoms with Gasteiger partial charge in [0.2, 0.25) is 0 Å². The highest BCUT2D eigenvalue weighted by molar-refractivity contribution is 5.65. The third kappa shape index (κ3) is 3.23. The quantitative estimate of drug-likeness (QED) is 0.918. The van der Waals surface area contributed by atoms with Gasteiger partial charge in [-0.2, -0.15) is 0 Å². The third-order valence-corrected chi connectivity index (χ3v) is 3.61. The molecule has 0 amide bonds. The molecule has 0 saturated heterocycles. The molecule has 0 atom stereocenters. The molecule has 1 aromatic carbocycles. The van der Waals surface area contributed by atoms with Gasteiger partial charge >= 0.3 is 0 Å². The summed E-state index contributed by atoms with van der Waals surface area (Å²) in [7, 11) is 1.61. The van der Waals surface area contributed by atoms with Crippen molar-refractivity contribution in [2.75, 3.05) is 13.7 Å². The molecule has 0 bridgehead atoms. The average molecular weight is 287 g/mol.